The fourth-order valence-corrected chi connectivity index (χ4v) is 4.04. The fourth-order valence-electron chi connectivity index (χ4n) is 4.04. The molecule has 2 heteroatoms. The van der Waals surface area contributed by atoms with Crippen molar-refractivity contribution < 1.29 is 0 Å². The van der Waals surface area contributed by atoms with Gasteiger partial charge >= 0.3 is 0 Å². The van der Waals surface area contributed by atoms with Crippen LogP contribution in [0.15, 0.2) is 97.1 Å². The highest BCUT2D eigenvalue weighted by atomic mass is 15.1. The van der Waals surface area contributed by atoms with E-state index in [-0.39, 0.29) is 0 Å². The van der Waals surface area contributed by atoms with Crippen LogP contribution >= 0.6 is 0 Å². The molecule has 4 aromatic carbocycles. The first-order valence-electron chi connectivity index (χ1n) is 9.59. The summed E-state index contributed by atoms with van der Waals surface area (Å²) in [5.74, 6) is 0. The maximum Gasteiger partial charge on any atom is 0.0490 e. The average Bonchev–Trinajstić information content (AvgIpc) is 3.06. The summed E-state index contributed by atoms with van der Waals surface area (Å²) in [5.41, 5.74) is 7.37. The van der Waals surface area contributed by atoms with Gasteiger partial charge in [0.15, 0.2) is 0 Å². The molecule has 2 nitrogen and oxygen atoms in total. The number of anilines is 2. The predicted molar refractivity (Wildman–Crippen MR) is 120 cm³/mol. The molecule has 0 fully saturated rings. The monoisotopic (exact) mass is 362 g/mol. The van der Waals surface area contributed by atoms with Crippen molar-refractivity contribution in [1.29, 1.82) is 0 Å². The van der Waals surface area contributed by atoms with Crippen LogP contribution in [-0.2, 0) is 7.05 Å². The Hall–Kier alpha value is -3.52. The second kappa shape index (κ2) is 6.58. The lowest BCUT2D eigenvalue weighted by molar-refractivity contribution is 1.01. The summed E-state index contributed by atoms with van der Waals surface area (Å²) in [6.45, 7) is 0. The van der Waals surface area contributed by atoms with E-state index in [0.29, 0.717) is 0 Å². The molecule has 0 aliphatic heterocycles. The van der Waals surface area contributed by atoms with E-state index in [1.807, 2.05) is 0 Å². The van der Waals surface area contributed by atoms with Crippen molar-refractivity contribution in [2.75, 3.05) is 11.9 Å². The van der Waals surface area contributed by atoms with Gasteiger partial charge in [-0.05, 0) is 47.5 Å². The Morgan fingerprint density at radius 3 is 2.11 bits per heavy atom. The number of hydrogen-bond acceptors (Lipinski definition) is 1. The van der Waals surface area contributed by atoms with Crippen molar-refractivity contribution in [3.63, 3.8) is 0 Å². The maximum atomic E-state index is 2.30. The minimum absolute atomic E-state index is 1.18. The molecule has 5 aromatic rings. The zero-order valence-corrected chi connectivity index (χ0v) is 16.1. The predicted octanol–water partition coefficient (Wildman–Crippen LogP) is 6.77. The molecular weight excluding hydrogens is 340 g/mol. The minimum Gasteiger partial charge on any atom is -0.345 e. The number of rotatable bonds is 3. The Bertz CT molecular complexity index is 1280. The molecule has 0 atom stereocenters. The molecule has 0 aliphatic carbocycles. The lowest BCUT2D eigenvalue weighted by atomic mass is 10.0. The van der Waals surface area contributed by atoms with Gasteiger partial charge in [-0.3, -0.25) is 0 Å². The van der Waals surface area contributed by atoms with Crippen LogP contribution in [0.1, 0.15) is 0 Å². The second-order valence-electron chi connectivity index (χ2n) is 7.25. The number of nitrogens with zero attached hydrogens (tertiary/aromatic N) is 2. The van der Waals surface area contributed by atoms with Gasteiger partial charge in [-0.25, -0.2) is 0 Å². The van der Waals surface area contributed by atoms with Crippen molar-refractivity contribution in [1.82, 2.24) is 4.57 Å². The van der Waals surface area contributed by atoms with Gasteiger partial charge in [0.2, 0.25) is 0 Å². The first-order chi connectivity index (χ1) is 13.7. The third-order valence-corrected chi connectivity index (χ3v) is 5.62. The molecule has 1 heterocycles. The summed E-state index contributed by atoms with van der Waals surface area (Å²) in [6, 6.07) is 34.6. The molecule has 0 spiro atoms. The van der Waals surface area contributed by atoms with E-state index in [1.165, 1.54) is 44.3 Å². The Morgan fingerprint density at radius 1 is 0.571 bits per heavy atom. The van der Waals surface area contributed by atoms with E-state index in [4.69, 9.17) is 0 Å². The Morgan fingerprint density at radius 2 is 1.25 bits per heavy atom. The van der Waals surface area contributed by atoms with Gasteiger partial charge in [0.25, 0.3) is 0 Å². The minimum atomic E-state index is 1.18. The Balaban J connectivity index is 1.60. The quantitative estimate of drug-likeness (QED) is 0.344. The van der Waals surface area contributed by atoms with Gasteiger partial charge < -0.3 is 9.47 Å². The van der Waals surface area contributed by atoms with Crippen LogP contribution in [0.4, 0.5) is 11.4 Å². The lowest BCUT2D eigenvalue weighted by Gasteiger charge is -2.20. The highest BCUT2D eigenvalue weighted by Gasteiger charge is 2.11. The van der Waals surface area contributed by atoms with Crippen LogP contribution < -0.4 is 4.90 Å². The van der Waals surface area contributed by atoms with Gasteiger partial charge in [0.1, 0.15) is 0 Å². The highest BCUT2D eigenvalue weighted by Crippen LogP contribution is 2.34. The molecule has 0 amide bonds. The number of benzene rings is 4. The van der Waals surface area contributed by atoms with E-state index in [9.17, 15) is 0 Å². The molecule has 0 saturated carbocycles. The van der Waals surface area contributed by atoms with Crippen LogP contribution in [0, 0.1) is 0 Å². The van der Waals surface area contributed by atoms with Gasteiger partial charge in [0, 0.05) is 47.3 Å². The topological polar surface area (TPSA) is 8.17 Å². The normalized spacial score (nSPS) is 11.2. The number of para-hydroxylation sites is 1. The largest absolute Gasteiger partial charge is 0.345 e. The number of aryl methyl sites for hydroxylation is 1. The number of aromatic nitrogens is 1. The van der Waals surface area contributed by atoms with Gasteiger partial charge in [-0.1, -0.05) is 60.7 Å². The molecule has 0 bridgehead atoms. The zero-order valence-electron chi connectivity index (χ0n) is 16.1. The molecule has 136 valence electrons. The molecule has 28 heavy (non-hydrogen) atoms. The van der Waals surface area contributed by atoms with E-state index in [2.05, 4.69) is 121 Å². The second-order valence-corrected chi connectivity index (χ2v) is 7.25. The Labute approximate surface area is 165 Å². The summed E-state index contributed by atoms with van der Waals surface area (Å²) in [6.07, 6.45) is 0. The summed E-state index contributed by atoms with van der Waals surface area (Å²) in [4.78, 5) is 2.26. The van der Waals surface area contributed by atoms with Crippen LogP contribution in [0.5, 0.6) is 0 Å². The van der Waals surface area contributed by atoms with E-state index >= 15 is 0 Å². The average molecular weight is 362 g/mol. The van der Waals surface area contributed by atoms with Crippen molar-refractivity contribution >= 4 is 33.2 Å². The first-order valence-corrected chi connectivity index (χ1v) is 9.59. The van der Waals surface area contributed by atoms with Crippen LogP contribution in [0.3, 0.4) is 0 Å². The summed E-state index contributed by atoms with van der Waals surface area (Å²) in [5, 5.41) is 2.59. The standard InChI is InChI=1S/C26H22N2/c1-27(21-12-8-11-20(17-21)19-9-4-3-5-10-19)22-15-16-26-24(18-22)23-13-6-7-14-25(23)28(26)2/h3-18H,1-2H3. The molecule has 0 saturated heterocycles. The molecule has 0 N–H and O–H groups in total. The van der Waals surface area contributed by atoms with E-state index in [0.717, 1.165) is 0 Å². The molecular formula is C26H22N2. The molecule has 1 aromatic heterocycles. The maximum absolute atomic E-state index is 2.30. The molecule has 0 aliphatic rings. The molecule has 5 rings (SSSR count). The third kappa shape index (κ3) is 2.66. The summed E-state index contributed by atoms with van der Waals surface area (Å²) >= 11 is 0. The summed E-state index contributed by atoms with van der Waals surface area (Å²) < 4.78 is 2.27. The van der Waals surface area contributed by atoms with E-state index in [1.54, 1.807) is 0 Å². The fraction of sp³-hybridized carbons (Fsp3) is 0.0769. The molecule has 0 unspecified atom stereocenters. The number of hydrogen-bond donors (Lipinski definition) is 0. The highest BCUT2D eigenvalue weighted by molar-refractivity contribution is 6.09. The van der Waals surface area contributed by atoms with Gasteiger partial charge in [-0.2, -0.15) is 0 Å². The van der Waals surface area contributed by atoms with Crippen molar-refractivity contribution in [3.8, 4) is 11.1 Å². The van der Waals surface area contributed by atoms with Crippen LogP contribution in [0.25, 0.3) is 32.9 Å². The van der Waals surface area contributed by atoms with Gasteiger partial charge in [-0.15, -0.1) is 0 Å². The van der Waals surface area contributed by atoms with Crippen LogP contribution in [-0.4, -0.2) is 11.6 Å². The first kappa shape index (κ1) is 16.6. The van der Waals surface area contributed by atoms with E-state index < -0.39 is 0 Å². The zero-order chi connectivity index (χ0) is 19.1. The van der Waals surface area contributed by atoms with Crippen LogP contribution in [0.2, 0.25) is 0 Å². The smallest absolute Gasteiger partial charge is 0.0490 e. The van der Waals surface area contributed by atoms with Crippen molar-refractivity contribution in [2.45, 2.75) is 0 Å². The third-order valence-electron chi connectivity index (χ3n) is 5.62. The lowest BCUT2D eigenvalue weighted by Crippen LogP contribution is -2.09. The van der Waals surface area contributed by atoms with Gasteiger partial charge in [0.05, 0.1) is 0 Å². The van der Waals surface area contributed by atoms with Crippen molar-refractivity contribution in [2.24, 2.45) is 7.05 Å². The summed E-state index contributed by atoms with van der Waals surface area (Å²) in [7, 11) is 4.27. The van der Waals surface area contributed by atoms with Crippen molar-refractivity contribution in [3.05, 3.63) is 97.1 Å². The SMILES string of the molecule is CN(c1cccc(-c2ccccc2)c1)c1ccc2c(c1)c1ccccc1n2C. The molecule has 0 radical (unpaired) electrons. The Kier molecular flexibility index (Phi) is 3.91. The number of fused-ring (bicyclic) bond motifs is 3.